The molecular formula is C27H38N4O6S2. The molecule has 0 heterocycles. The first-order valence-electron chi connectivity index (χ1n) is 13.0. The third-order valence-corrected chi connectivity index (χ3v) is 9.66. The van der Waals surface area contributed by atoms with Gasteiger partial charge in [-0.1, -0.05) is 37.5 Å². The van der Waals surface area contributed by atoms with Crippen molar-refractivity contribution in [3.05, 3.63) is 58.6 Å². The van der Waals surface area contributed by atoms with Crippen LogP contribution in [0.25, 0.3) is 0 Å². The Balaban J connectivity index is 1.87. The van der Waals surface area contributed by atoms with E-state index < -0.39 is 26.5 Å². The molecule has 1 N–H and O–H groups in total. The van der Waals surface area contributed by atoms with Crippen LogP contribution in [0.4, 0.5) is 11.4 Å². The number of amides is 1. The Hall–Kier alpha value is -2.67. The molecule has 214 valence electrons. The lowest BCUT2D eigenvalue weighted by Gasteiger charge is -2.34. The number of benzene rings is 2. The SMILES string of the molecule is COC1(C(=O)NS(=O)(=O)c2ccc(N(C)[C@H](CCN(C)C)CSc3ccccc3)c([N+](=O)[O-])c2)CCCCC1. The quantitative estimate of drug-likeness (QED) is 0.211. The first kappa shape index (κ1) is 30.9. The molecule has 0 aromatic heterocycles. The highest BCUT2D eigenvalue weighted by molar-refractivity contribution is 7.99. The fourth-order valence-corrected chi connectivity index (χ4v) is 6.92. The van der Waals surface area contributed by atoms with Crippen molar-refractivity contribution in [2.24, 2.45) is 0 Å². The molecule has 2 aromatic carbocycles. The first-order valence-corrected chi connectivity index (χ1v) is 15.4. The van der Waals surface area contributed by atoms with Gasteiger partial charge in [0.15, 0.2) is 0 Å². The van der Waals surface area contributed by atoms with Crippen molar-refractivity contribution in [2.45, 2.75) is 60.0 Å². The van der Waals surface area contributed by atoms with E-state index in [2.05, 4.69) is 9.62 Å². The average molecular weight is 579 g/mol. The molecule has 0 bridgehead atoms. The predicted molar refractivity (Wildman–Crippen MR) is 154 cm³/mol. The number of carbonyl (C=O) groups is 1. The van der Waals surface area contributed by atoms with Gasteiger partial charge in [-0.2, -0.15) is 0 Å². The van der Waals surface area contributed by atoms with E-state index in [1.54, 1.807) is 18.8 Å². The molecule has 12 heteroatoms. The summed E-state index contributed by atoms with van der Waals surface area (Å²) in [6.45, 7) is 0.776. The molecule has 1 aliphatic carbocycles. The van der Waals surface area contributed by atoms with E-state index in [0.717, 1.165) is 43.2 Å². The van der Waals surface area contributed by atoms with Crippen molar-refractivity contribution in [1.82, 2.24) is 9.62 Å². The Morgan fingerprint density at radius 2 is 1.79 bits per heavy atom. The molecule has 1 fully saturated rings. The molecule has 0 saturated heterocycles. The topological polar surface area (TPSA) is 122 Å². The number of nitro benzene ring substituents is 1. The minimum atomic E-state index is -4.36. The predicted octanol–water partition coefficient (Wildman–Crippen LogP) is 4.30. The number of hydrogen-bond donors (Lipinski definition) is 1. The van der Waals surface area contributed by atoms with Gasteiger partial charge in [-0.15, -0.1) is 11.8 Å². The lowest BCUT2D eigenvalue weighted by Crippen LogP contribution is -2.51. The van der Waals surface area contributed by atoms with E-state index in [4.69, 9.17) is 4.74 Å². The largest absolute Gasteiger partial charge is 0.368 e. The Bertz CT molecular complexity index is 1230. The molecule has 0 unspecified atom stereocenters. The number of rotatable bonds is 13. The molecule has 0 spiro atoms. The zero-order chi connectivity index (χ0) is 28.6. The number of methoxy groups -OCH3 is 1. The summed E-state index contributed by atoms with van der Waals surface area (Å²) in [6.07, 6.45) is 4.05. The van der Waals surface area contributed by atoms with Crippen molar-refractivity contribution in [1.29, 1.82) is 0 Å². The van der Waals surface area contributed by atoms with Gasteiger partial charge in [-0.3, -0.25) is 14.9 Å². The molecule has 1 amide bonds. The minimum Gasteiger partial charge on any atom is -0.368 e. The molecule has 39 heavy (non-hydrogen) atoms. The summed E-state index contributed by atoms with van der Waals surface area (Å²) < 4.78 is 33.8. The Kier molecular flexibility index (Phi) is 10.8. The van der Waals surface area contributed by atoms with Gasteiger partial charge in [0.05, 0.1) is 9.82 Å². The van der Waals surface area contributed by atoms with Crippen LogP contribution in [0.3, 0.4) is 0 Å². The van der Waals surface area contributed by atoms with E-state index >= 15 is 0 Å². The van der Waals surface area contributed by atoms with Crippen molar-refractivity contribution < 1.29 is 22.9 Å². The number of carbonyl (C=O) groups excluding carboxylic acids is 1. The summed E-state index contributed by atoms with van der Waals surface area (Å²) in [4.78, 5) is 29.1. The molecular weight excluding hydrogens is 540 g/mol. The maximum atomic E-state index is 13.1. The molecule has 2 aromatic rings. The smallest absolute Gasteiger partial charge is 0.293 e. The van der Waals surface area contributed by atoms with Crippen LogP contribution in [0.5, 0.6) is 0 Å². The van der Waals surface area contributed by atoms with E-state index in [1.807, 2.05) is 49.3 Å². The number of nitrogens with zero attached hydrogens (tertiary/aromatic N) is 3. The summed E-state index contributed by atoms with van der Waals surface area (Å²) in [6, 6.07) is 13.6. The maximum absolute atomic E-state index is 13.1. The van der Waals surface area contributed by atoms with Gasteiger partial charge in [0, 0.05) is 36.9 Å². The molecule has 0 aliphatic heterocycles. The summed E-state index contributed by atoms with van der Waals surface area (Å²) in [5.74, 6) is -0.0593. The third-order valence-electron chi connectivity index (χ3n) is 7.17. The van der Waals surface area contributed by atoms with Crippen molar-refractivity contribution in [2.75, 3.05) is 45.5 Å². The number of sulfonamides is 1. The Morgan fingerprint density at radius 3 is 2.38 bits per heavy atom. The van der Waals surface area contributed by atoms with E-state index in [1.165, 1.54) is 19.2 Å². The highest BCUT2D eigenvalue weighted by Gasteiger charge is 2.41. The summed E-state index contributed by atoms with van der Waals surface area (Å²) in [7, 11) is 2.77. The zero-order valence-electron chi connectivity index (χ0n) is 23.0. The van der Waals surface area contributed by atoms with Crippen LogP contribution in [-0.4, -0.2) is 76.3 Å². The molecule has 10 nitrogen and oxygen atoms in total. The molecule has 1 aliphatic rings. The highest BCUT2D eigenvalue weighted by atomic mass is 32.2. The molecule has 1 atom stereocenters. The van der Waals surface area contributed by atoms with Gasteiger partial charge in [-0.05, 0) is 64.2 Å². The van der Waals surface area contributed by atoms with Crippen LogP contribution in [0.2, 0.25) is 0 Å². The van der Waals surface area contributed by atoms with Crippen molar-refractivity contribution in [3.8, 4) is 0 Å². The van der Waals surface area contributed by atoms with Gasteiger partial charge in [0.25, 0.3) is 21.6 Å². The summed E-state index contributed by atoms with van der Waals surface area (Å²) >= 11 is 1.66. The van der Waals surface area contributed by atoms with Crippen LogP contribution in [0, 0.1) is 10.1 Å². The van der Waals surface area contributed by atoms with E-state index in [0.29, 0.717) is 24.3 Å². The lowest BCUT2D eigenvalue weighted by atomic mass is 9.84. The van der Waals surface area contributed by atoms with E-state index in [-0.39, 0.29) is 16.6 Å². The zero-order valence-corrected chi connectivity index (χ0v) is 24.6. The number of anilines is 1. The number of nitro groups is 1. The van der Waals surface area contributed by atoms with Gasteiger partial charge < -0.3 is 14.5 Å². The minimum absolute atomic E-state index is 0.0636. The monoisotopic (exact) mass is 578 g/mol. The second-order valence-electron chi connectivity index (χ2n) is 10.1. The van der Waals surface area contributed by atoms with Gasteiger partial charge in [0.1, 0.15) is 11.3 Å². The van der Waals surface area contributed by atoms with Crippen LogP contribution in [-0.2, 0) is 19.6 Å². The Labute approximate surface area is 235 Å². The van der Waals surface area contributed by atoms with Gasteiger partial charge in [0.2, 0.25) is 0 Å². The van der Waals surface area contributed by atoms with Crippen LogP contribution >= 0.6 is 11.8 Å². The third kappa shape index (κ3) is 7.93. The fourth-order valence-electron chi connectivity index (χ4n) is 4.74. The van der Waals surface area contributed by atoms with Crippen molar-refractivity contribution in [3.63, 3.8) is 0 Å². The fraction of sp³-hybridized carbons (Fsp3) is 0.519. The number of ether oxygens (including phenoxy) is 1. The number of nitrogens with one attached hydrogen (secondary N) is 1. The van der Waals surface area contributed by atoms with E-state index in [9.17, 15) is 23.3 Å². The molecule has 3 rings (SSSR count). The van der Waals surface area contributed by atoms with Crippen LogP contribution < -0.4 is 9.62 Å². The maximum Gasteiger partial charge on any atom is 0.293 e. The van der Waals surface area contributed by atoms with Crippen LogP contribution in [0.15, 0.2) is 58.3 Å². The van der Waals surface area contributed by atoms with Crippen molar-refractivity contribution >= 4 is 39.1 Å². The second kappa shape index (κ2) is 13.6. The summed E-state index contributed by atoms with van der Waals surface area (Å²) in [5.41, 5.74) is -1.25. The van der Waals surface area contributed by atoms with Gasteiger partial charge >= 0.3 is 0 Å². The lowest BCUT2D eigenvalue weighted by molar-refractivity contribution is -0.384. The second-order valence-corrected chi connectivity index (χ2v) is 12.9. The highest BCUT2D eigenvalue weighted by Crippen LogP contribution is 2.35. The molecule has 0 radical (unpaired) electrons. The van der Waals surface area contributed by atoms with Gasteiger partial charge in [-0.25, -0.2) is 13.1 Å². The van der Waals surface area contributed by atoms with Crippen LogP contribution in [0.1, 0.15) is 38.5 Å². The molecule has 1 saturated carbocycles. The number of thioether (sulfide) groups is 1. The summed E-state index contributed by atoms with van der Waals surface area (Å²) in [5, 5.41) is 12.1. The first-order chi connectivity index (χ1) is 18.5. The number of hydrogen-bond acceptors (Lipinski definition) is 9. The Morgan fingerprint density at radius 1 is 1.13 bits per heavy atom. The normalized spacial score (nSPS) is 16.0. The average Bonchev–Trinajstić information content (AvgIpc) is 2.92. The standard InChI is InChI=1S/C27H38N4O6S2/c1-29(2)18-15-21(20-38-22-11-7-5-8-12-22)30(3)24-14-13-23(19-25(24)31(33)34)39(35,36)28-26(32)27(37-4)16-9-6-10-17-27/h5,7-8,11-14,19,21H,6,9-10,15-18,20H2,1-4H3,(H,28,32)/t21-/m1/s1.